The van der Waals surface area contributed by atoms with Gasteiger partial charge in [0.25, 0.3) is 0 Å². The van der Waals surface area contributed by atoms with E-state index in [2.05, 4.69) is 25.8 Å². The molecule has 162 valence electrons. The zero-order chi connectivity index (χ0) is 20.8. The van der Waals surface area contributed by atoms with Crippen LogP contribution in [0, 0.1) is 0 Å². The average Bonchev–Trinajstić information content (AvgIpc) is 3.52. The molecule has 2 aromatic rings. The molecule has 4 rings (SSSR count). The number of unbranched alkanes of at least 4 members (excludes halogenated alkanes) is 2. The van der Waals surface area contributed by atoms with Crippen LogP contribution in [0.2, 0.25) is 0 Å². The number of methoxy groups -OCH3 is 1. The number of ether oxygens (including phenoxy) is 2. The van der Waals surface area contributed by atoms with Gasteiger partial charge in [0.2, 0.25) is 11.7 Å². The summed E-state index contributed by atoms with van der Waals surface area (Å²) >= 11 is 0. The number of aryl methyl sites for hydroxylation is 1. The molecule has 8 heteroatoms. The summed E-state index contributed by atoms with van der Waals surface area (Å²) < 4.78 is 16.5. The summed E-state index contributed by atoms with van der Waals surface area (Å²) in [5.74, 6) is 2.99. The smallest absolute Gasteiger partial charge is 0.226 e. The van der Waals surface area contributed by atoms with E-state index in [1.54, 1.807) is 7.11 Å². The number of aromatic nitrogens is 2. The summed E-state index contributed by atoms with van der Waals surface area (Å²) in [5, 5.41) is 11.0. The van der Waals surface area contributed by atoms with Crippen LogP contribution in [0.25, 0.3) is 11.4 Å². The molecular weight excluding hydrogens is 382 g/mol. The van der Waals surface area contributed by atoms with Crippen LogP contribution in [0.15, 0.2) is 33.8 Å². The number of nitrogens with one attached hydrogen (secondary N) is 2. The SMILES string of the molecule is CN=C(NCCCCCc1nc(-c2ccc(OC)cc2)no1)NC1CC2CCC1O2. The van der Waals surface area contributed by atoms with Crippen LogP contribution >= 0.6 is 0 Å². The molecule has 2 aliphatic rings. The number of benzene rings is 1. The Morgan fingerprint density at radius 2 is 2.07 bits per heavy atom. The van der Waals surface area contributed by atoms with Gasteiger partial charge in [0.15, 0.2) is 5.96 Å². The fourth-order valence-electron chi connectivity index (χ4n) is 4.16. The van der Waals surface area contributed by atoms with Crippen LogP contribution in [-0.4, -0.2) is 55.1 Å². The third kappa shape index (κ3) is 5.11. The van der Waals surface area contributed by atoms with Crippen molar-refractivity contribution < 1.29 is 14.0 Å². The fraction of sp³-hybridized carbons (Fsp3) is 0.591. The molecular formula is C22H31N5O3. The van der Waals surface area contributed by atoms with E-state index in [0.717, 1.165) is 62.3 Å². The average molecular weight is 414 g/mol. The highest BCUT2D eigenvalue weighted by Gasteiger charge is 2.41. The number of fused-ring (bicyclic) bond motifs is 2. The molecule has 0 amide bonds. The Labute approximate surface area is 177 Å². The van der Waals surface area contributed by atoms with E-state index in [1.165, 1.54) is 6.42 Å². The topological polar surface area (TPSA) is 93.8 Å². The summed E-state index contributed by atoms with van der Waals surface area (Å²) in [6, 6.07) is 8.05. The Hall–Kier alpha value is -2.61. The van der Waals surface area contributed by atoms with Crippen LogP contribution in [-0.2, 0) is 11.2 Å². The van der Waals surface area contributed by atoms with Crippen LogP contribution in [0.3, 0.4) is 0 Å². The monoisotopic (exact) mass is 413 g/mol. The number of guanidine groups is 1. The Bertz CT molecular complexity index is 836. The highest BCUT2D eigenvalue weighted by atomic mass is 16.5. The van der Waals surface area contributed by atoms with Crippen molar-refractivity contribution in [1.82, 2.24) is 20.8 Å². The molecule has 2 bridgehead atoms. The normalized spacial score (nSPS) is 23.0. The van der Waals surface area contributed by atoms with Crippen LogP contribution in [0.1, 0.15) is 44.4 Å². The van der Waals surface area contributed by atoms with Gasteiger partial charge in [-0.3, -0.25) is 4.99 Å². The summed E-state index contributed by atoms with van der Waals surface area (Å²) in [6.45, 7) is 0.891. The number of hydrogen-bond donors (Lipinski definition) is 2. The molecule has 2 fully saturated rings. The van der Waals surface area contributed by atoms with E-state index in [0.29, 0.717) is 30.0 Å². The van der Waals surface area contributed by atoms with Crippen LogP contribution in [0.5, 0.6) is 5.75 Å². The predicted molar refractivity (Wildman–Crippen MR) is 115 cm³/mol. The quantitative estimate of drug-likeness (QED) is 0.371. The first kappa shape index (κ1) is 20.7. The van der Waals surface area contributed by atoms with Gasteiger partial charge in [-0.2, -0.15) is 4.98 Å². The van der Waals surface area contributed by atoms with Gasteiger partial charge in [-0.15, -0.1) is 0 Å². The van der Waals surface area contributed by atoms with Crippen molar-refractivity contribution in [3.05, 3.63) is 30.2 Å². The number of rotatable bonds is 9. The van der Waals surface area contributed by atoms with Crippen molar-refractivity contribution in [2.24, 2.45) is 4.99 Å². The lowest BCUT2D eigenvalue weighted by Gasteiger charge is -2.22. The molecule has 3 heterocycles. The fourth-order valence-corrected chi connectivity index (χ4v) is 4.16. The predicted octanol–water partition coefficient (Wildman–Crippen LogP) is 2.94. The second-order valence-electron chi connectivity index (χ2n) is 7.91. The maximum Gasteiger partial charge on any atom is 0.226 e. The van der Waals surface area contributed by atoms with E-state index in [9.17, 15) is 0 Å². The minimum absolute atomic E-state index is 0.353. The Kier molecular flexibility index (Phi) is 6.84. The number of aliphatic imine (C=N–C) groups is 1. The molecule has 1 aromatic carbocycles. The molecule has 2 aliphatic heterocycles. The van der Waals surface area contributed by atoms with E-state index < -0.39 is 0 Å². The van der Waals surface area contributed by atoms with Crippen molar-refractivity contribution in [2.45, 2.75) is 63.2 Å². The summed E-state index contributed by atoms with van der Waals surface area (Å²) in [7, 11) is 3.47. The molecule has 0 aliphatic carbocycles. The van der Waals surface area contributed by atoms with Crippen LogP contribution in [0.4, 0.5) is 0 Å². The minimum Gasteiger partial charge on any atom is -0.497 e. The Morgan fingerprint density at radius 3 is 2.77 bits per heavy atom. The highest BCUT2D eigenvalue weighted by molar-refractivity contribution is 5.80. The number of hydrogen-bond acceptors (Lipinski definition) is 6. The maximum atomic E-state index is 5.90. The zero-order valence-electron chi connectivity index (χ0n) is 17.8. The molecule has 0 saturated carbocycles. The molecule has 2 N–H and O–H groups in total. The van der Waals surface area contributed by atoms with Gasteiger partial charge in [0, 0.05) is 25.6 Å². The van der Waals surface area contributed by atoms with Gasteiger partial charge < -0.3 is 24.6 Å². The zero-order valence-corrected chi connectivity index (χ0v) is 17.8. The summed E-state index contributed by atoms with van der Waals surface area (Å²) in [6.07, 6.45) is 8.21. The third-order valence-electron chi connectivity index (χ3n) is 5.83. The minimum atomic E-state index is 0.353. The first-order valence-corrected chi connectivity index (χ1v) is 10.8. The molecule has 2 saturated heterocycles. The molecule has 8 nitrogen and oxygen atoms in total. The highest BCUT2D eigenvalue weighted by Crippen LogP contribution is 2.34. The van der Waals surface area contributed by atoms with Gasteiger partial charge in [-0.25, -0.2) is 0 Å². The number of nitrogens with zero attached hydrogens (tertiary/aromatic N) is 3. The van der Waals surface area contributed by atoms with E-state index in [4.69, 9.17) is 14.0 Å². The van der Waals surface area contributed by atoms with E-state index in [-0.39, 0.29) is 0 Å². The van der Waals surface area contributed by atoms with Gasteiger partial charge >= 0.3 is 0 Å². The van der Waals surface area contributed by atoms with Crippen molar-refractivity contribution in [3.8, 4) is 17.1 Å². The second kappa shape index (κ2) is 9.93. The molecule has 30 heavy (non-hydrogen) atoms. The van der Waals surface area contributed by atoms with Crippen molar-refractivity contribution in [1.29, 1.82) is 0 Å². The lowest BCUT2D eigenvalue weighted by Crippen LogP contribution is -2.47. The van der Waals surface area contributed by atoms with Gasteiger partial charge in [0.1, 0.15) is 5.75 Å². The van der Waals surface area contributed by atoms with Crippen molar-refractivity contribution >= 4 is 5.96 Å². The molecule has 3 unspecified atom stereocenters. The second-order valence-corrected chi connectivity index (χ2v) is 7.91. The molecule has 0 spiro atoms. The van der Waals surface area contributed by atoms with Crippen molar-refractivity contribution in [3.63, 3.8) is 0 Å². The van der Waals surface area contributed by atoms with Crippen molar-refractivity contribution in [2.75, 3.05) is 20.7 Å². The molecule has 0 radical (unpaired) electrons. The first-order chi connectivity index (χ1) is 14.7. The van der Waals surface area contributed by atoms with E-state index >= 15 is 0 Å². The molecule has 3 atom stereocenters. The van der Waals surface area contributed by atoms with Crippen LogP contribution < -0.4 is 15.4 Å². The molecule has 1 aromatic heterocycles. The lowest BCUT2D eigenvalue weighted by atomic mass is 9.96. The maximum absolute atomic E-state index is 5.90. The summed E-state index contributed by atoms with van der Waals surface area (Å²) in [5.41, 5.74) is 0.926. The Balaban J connectivity index is 1.12. The lowest BCUT2D eigenvalue weighted by molar-refractivity contribution is 0.0992. The first-order valence-electron chi connectivity index (χ1n) is 10.8. The van der Waals surface area contributed by atoms with Gasteiger partial charge in [0.05, 0.1) is 25.4 Å². The summed E-state index contributed by atoms with van der Waals surface area (Å²) in [4.78, 5) is 8.84. The van der Waals surface area contributed by atoms with Gasteiger partial charge in [-0.05, 0) is 56.4 Å². The third-order valence-corrected chi connectivity index (χ3v) is 5.83. The van der Waals surface area contributed by atoms with E-state index in [1.807, 2.05) is 31.3 Å². The standard InChI is InChI=1S/C22H31N5O3/c1-23-22(25-18-14-17-11-12-19(18)29-17)24-13-5-3-4-6-20-26-21(27-30-20)15-7-9-16(28-2)10-8-15/h7-10,17-19H,3-6,11-14H2,1-2H3,(H2,23,24,25). The Morgan fingerprint density at radius 1 is 1.20 bits per heavy atom. The largest absolute Gasteiger partial charge is 0.497 e. The van der Waals surface area contributed by atoms with Gasteiger partial charge in [-0.1, -0.05) is 11.6 Å².